The van der Waals surface area contributed by atoms with Gasteiger partial charge in [-0.15, -0.1) is 0 Å². The van der Waals surface area contributed by atoms with Crippen molar-refractivity contribution in [3.05, 3.63) is 77.5 Å². The molecule has 1 aliphatic carbocycles. The number of hydrogen-bond acceptors (Lipinski definition) is 5. The van der Waals surface area contributed by atoms with Gasteiger partial charge in [-0.2, -0.15) is 0 Å². The number of ether oxygens (including phenoxy) is 1. The molecule has 0 saturated heterocycles. The standard InChI is InChI=1S/C29H33ClFN5O/c1-37-13-3-12-32-23-7-9-24(10-8-23)35-29-16-25(26(30)17-33-29)21-6-11-27-28(15-21)36(19-34-27)18-20-4-2-5-22(31)14-20/h2,4-6,11,14-17,19,23-24,32H,3,7-10,12-13,18H2,1H3,(H,33,35). The van der Waals surface area contributed by atoms with Crippen molar-refractivity contribution in [1.82, 2.24) is 19.9 Å². The lowest BCUT2D eigenvalue weighted by Gasteiger charge is -2.30. The molecule has 1 aliphatic rings. The lowest BCUT2D eigenvalue weighted by atomic mass is 9.91. The van der Waals surface area contributed by atoms with Crippen molar-refractivity contribution >= 4 is 28.5 Å². The molecule has 37 heavy (non-hydrogen) atoms. The van der Waals surface area contributed by atoms with E-state index < -0.39 is 0 Å². The van der Waals surface area contributed by atoms with Crippen molar-refractivity contribution in [3.8, 4) is 11.1 Å². The second kappa shape index (κ2) is 12.0. The van der Waals surface area contributed by atoms with Gasteiger partial charge in [-0.1, -0.05) is 29.8 Å². The van der Waals surface area contributed by atoms with E-state index in [1.54, 1.807) is 31.8 Å². The van der Waals surface area contributed by atoms with Crippen molar-refractivity contribution in [2.45, 2.75) is 50.7 Å². The summed E-state index contributed by atoms with van der Waals surface area (Å²) in [4.78, 5) is 9.08. The van der Waals surface area contributed by atoms with Gasteiger partial charge in [-0.25, -0.2) is 14.4 Å². The second-order valence-corrected chi connectivity index (χ2v) is 10.2. The fraction of sp³-hybridized carbons (Fsp3) is 0.379. The van der Waals surface area contributed by atoms with Gasteiger partial charge >= 0.3 is 0 Å². The molecule has 5 rings (SSSR count). The zero-order chi connectivity index (χ0) is 25.6. The molecule has 0 atom stereocenters. The summed E-state index contributed by atoms with van der Waals surface area (Å²) in [6.45, 7) is 2.35. The van der Waals surface area contributed by atoms with Gasteiger partial charge in [0.1, 0.15) is 11.6 Å². The van der Waals surface area contributed by atoms with Crippen molar-refractivity contribution < 1.29 is 9.13 Å². The number of halogens is 2. The molecule has 0 bridgehead atoms. The third kappa shape index (κ3) is 6.47. The van der Waals surface area contributed by atoms with Crippen molar-refractivity contribution in [2.24, 2.45) is 0 Å². The van der Waals surface area contributed by atoms with Crippen LogP contribution in [0.3, 0.4) is 0 Å². The summed E-state index contributed by atoms with van der Waals surface area (Å²) in [5.41, 5.74) is 4.66. The molecule has 1 fully saturated rings. The van der Waals surface area contributed by atoms with Crippen molar-refractivity contribution in [1.29, 1.82) is 0 Å². The fourth-order valence-corrected chi connectivity index (χ4v) is 5.31. The monoisotopic (exact) mass is 521 g/mol. The van der Waals surface area contributed by atoms with E-state index in [0.717, 1.165) is 78.8 Å². The molecule has 2 aromatic carbocycles. The number of aromatic nitrogens is 3. The molecule has 194 valence electrons. The summed E-state index contributed by atoms with van der Waals surface area (Å²) in [5, 5.41) is 7.88. The Morgan fingerprint density at radius 1 is 1.05 bits per heavy atom. The maximum absolute atomic E-state index is 13.7. The smallest absolute Gasteiger partial charge is 0.126 e. The number of nitrogens with one attached hydrogen (secondary N) is 2. The van der Waals surface area contributed by atoms with Crippen LogP contribution < -0.4 is 10.6 Å². The molecule has 1 saturated carbocycles. The predicted molar refractivity (Wildman–Crippen MR) is 148 cm³/mol. The SMILES string of the molecule is COCCCNC1CCC(Nc2cc(-c3ccc4ncn(Cc5cccc(F)c5)c4c3)c(Cl)cn2)CC1. The predicted octanol–water partition coefficient (Wildman–Crippen LogP) is 6.29. The Labute approximate surface area is 222 Å². The first-order valence-electron chi connectivity index (χ1n) is 12.9. The topological polar surface area (TPSA) is 64.0 Å². The minimum absolute atomic E-state index is 0.238. The van der Waals surface area contributed by atoms with E-state index in [2.05, 4.69) is 26.7 Å². The highest BCUT2D eigenvalue weighted by Crippen LogP contribution is 2.32. The summed E-state index contributed by atoms with van der Waals surface area (Å²) in [6.07, 6.45) is 9.07. The molecule has 0 spiro atoms. The van der Waals surface area contributed by atoms with Crippen LogP contribution in [0.15, 0.2) is 61.1 Å². The molecule has 2 N–H and O–H groups in total. The number of nitrogens with zero attached hydrogens (tertiary/aromatic N) is 3. The highest BCUT2D eigenvalue weighted by molar-refractivity contribution is 6.33. The number of rotatable bonds is 10. The molecule has 0 radical (unpaired) electrons. The van der Waals surface area contributed by atoms with Gasteiger partial charge in [0.25, 0.3) is 0 Å². The average Bonchev–Trinajstić information content (AvgIpc) is 3.30. The summed E-state index contributed by atoms with van der Waals surface area (Å²) in [7, 11) is 1.75. The number of anilines is 1. The third-order valence-corrected chi connectivity index (χ3v) is 7.37. The number of imidazole rings is 1. The van der Waals surface area contributed by atoms with Crippen LogP contribution in [0.5, 0.6) is 0 Å². The summed E-state index contributed by atoms with van der Waals surface area (Å²) in [5.74, 6) is 0.599. The number of methoxy groups -OCH3 is 1. The summed E-state index contributed by atoms with van der Waals surface area (Å²) >= 11 is 6.60. The first-order chi connectivity index (χ1) is 18.1. The lowest BCUT2D eigenvalue weighted by molar-refractivity contribution is 0.192. The van der Waals surface area contributed by atoms with Crippen LogP contribution in [0.25, 0.3) is 22.2 Å². The highest BCUT2D eigenvalue weighted by Gasteiger charge is 2.21. The van der Waals surface area contributed by atoms with Gasteiger partial charge in [0, 0.05) is 44.1 Å². The molecule has 0 aliphatic heterocycles. The van der Waals surface area contributed by atoms with Crippen LogP contribution in [0.2, 0.25) is 5.02 Å². The Balaban J connectivity index is 1.28. The fourth-order valence-electron chi connectivity index (χ4n) is 5.09. The molecule has 0 unspecified atom stereocenters. The number of fused-ring (bicyclic) bond motifs is 1. The first kappa shape index (κ1) is 25.6. The molecular formula is C29H33ClFN5O. The number of hydrogen-bond donors (Lipinski definition) is 2. The van der Waals surface area contributed by atoms with Crippen LogP contribution in [0.4, 0.5) is 10.2 Å². The Hall–Kier alpha value is -3.00. The Bertz CT molecular complexity index is 1340. The highest BCUT2D eigenvalue weighted by atomic mass is 35.5. The van der Waals surface area contributed by atoms with Crippen molar-refractivity contribution in [2.75, 3.05) is 25.6 Å². The van der Waals surface area contributed by atoms with Crippen LogP contribution in [0.1, 0.15) is 37.7 Å². The van der Waals surface area contributed by atoms with Gasteiger partial charge < -0.3 is 19.9 Å². The third-order valence-electron chi connectivity index (χ3n) is 7.07. The van der Waals surface area contributed by atoms with Gasteiger partial charge in [-0.05, 0) is 80.1 Å². The molecule has 8 heteroatoms. The van der Waals surface area contributed by atoms with Crippen LogP contribution >= 0.6 is 11.6 Å². The van der Waals surface area contributed by atoms with Gasteiger partial charge in [0.05, 0.1) is 22.4 Å². The molecular weight excluding hydrogens is 489 g/mol. The average molecular weight is 522 g/mol. The van der Waals surface area contributed by atoms with Crippen LogP contribution in [-0.4, -0.2) is 46.9 Å². The van der Waals surface area contributed by atoms with Gasteiger partial charge in [0.15, 0.2) is 0 Å². The Morgan fingerprint density at radius 3 is 2.70 bits per heavy atom. The maximum atomic E-state index is 13.7. The van der Waals surface area contributed by atoms with Gasteiger partial charge in [-0.3, -0.25) is 0 Å². The van der Waals surface area contributed by atoms with E-state index in [9.17, 15) is 4.39 Å². The van der Waals surface area contributed by atoms with E-state index in [1.165, 1.54) is 6.07 Å². The van der Waals surface area contributed by atoms with E-state index in [4.69, 9.17) is 16.3 Å². The summed E-state index contributed by atoms with van der Waals surface area (Å²) in [6, 6.07) is 15.8. The zero-order valence-corrected chi connectivity index (χ0v) is 21.8. The molecule has 6 nitrogen and oxygen atoms in total. The Morgan fingerprint density at radius 2 is 1.89 bits per heavy atom. The lowest BCUT2D eigenvalue weighted by Crippen LogP contribution is -2.37. The quantitative estimate of drug-likeness (QED) is 0.240. The number of benzene rings is 2. The normalized spacial score (nSPS) is 17.8. The second-order valence-electron chi connectivity index (χ2n) is 9.75. The van der Waals surface area contributed by atoms with Gasteiger partial charge in [0.2, 0.25) is 0 Å². The number of pyridine rings is 1. The molecule has 4 aromatic rings. The molecule has 2 aromatic heterocycles. The van der Waals surface area contributed by atoms with E-state index in [0.29, 0.717) is 23.7 Å². The maximum Gasteiger partial charge on any atom is 0.126 e. The van der Waals surface area contributed by atoms with E-state index in [-0.39, 0.29) is 5.82 Å². The zero-order valence-electron chi connectivity index (χ0n) is 21.1. The molecule has 2 heterocycles. The van der Waals surface area contributed by atoms with Crippen LogP contribution in [0, 0.1) is 5.82 Å². The first-order valence-corrected chi connectivity index (χ1v) is 13.3. The Kier molecular flexibility index (Phi) is 8.34. The van der Waals surface area contributed by atoms with Crippen molar-refractivity contribution in [3.63, 3.8) is 0 Å². The largest absolute Gasteiger partial charge is 0.385 e. The van der Waals surface area contributed by atoms with Crippen LogP contribution in [-0.2, 0) is 11.3 Å². The minimum atomic E-state index is -0.238. The van der Waals surface area contributed by atoms with E-state index >= 15 is 0 Å². The van der Waals surface area contributed by atoms with E-state index in [1.807, 2.05) is 28.8 Å². The molecule has 0 amide bonds. The summed E-state index contributed by atoms with van der Waals surface area (Å²) < 4.78 is 20.8. The minimum Gasteiger partial charge on any atom is -0.385 e.